The maximum atomic E-state index is 14.1. The number of carbonyl (C=O) groups is 4. The number of fused-ring (bicyclic) bond motifs is 2. The summed E-state index contributed by atoms with van der Waals surface area (Å²) in [5.74, 6) is -1.57. The van der Waals surface area contributed by atoms with Crippen LogP contribution in [0.25, 0.3) is 0 Å². The third-order valence-corrected chi connectivity index (χ3v) is 9.10. The summed E-state index contributed by atoms with van der Waals surface area (Å²) in [6, 6.07) is 6.05. The van der Waals surface area contributed by atoms with E-state index in [1.165, 1.54) is 4.90 Å². The summed E-state index contributed by atoms with van der Waals surface area (Å²) in [6.45, 7) is 9.83. The van der Waals surface area contributed by atoms with Crippen LogP contribution in [-0.4, -0.2) is 53.2 Å². The molecule has 3 fully saturated rings. The van der Waals surface area contributed by atoms with Crippen LogP contribution in [0.3, 0.4) is 0 Å². The number of likely N-dealkylation sites (tertiary alicyclic amines) is 1. The van der Waals surface area contributed by atoms with Gasteiger partial charge in [-0.1, -0.05) is 63.3 Å². The molecule has 5 rings (SSSR count). The normalized spacial score (nSPS) is 28.0. The summed E-state index contributed by atoms with van der Waals surface area (Å²) in [4.78, 5) is 55.9. The van der Waals surface area contributed by atoms with Crippen LogP contribution in [0.1, 0.15) is 57.6 Å². The number of nitrogens with one attached hydrogen (secondary N) is 3. The maximum Gasteiger partial charge on any atom is 0.246 e. The Morgan fingerprint density at radius 1 is 1.12 bits per heavy atom. The van der Waals surface area contributed by atoms with Gasteiger partial charge in [-0.05, 0) is 56.1 Å². The maximum absolute atomic E-state index is 14.1. The minimum absolute atomic E-state index is 0.101. The Labute approximate surface area is 241 Å². The van der Waals surface area contributed by atoms with Crippen LogP contribution in [0.5, 0.6) is 0 Å². The first-order valence-corrected chi connectivity index (χ1v) is 14.4. The van der Waals surface area contributed by atoms with Crippen LogP contribution in [-0.2, 0) is 19.2 Å². The van der Waals surface area contributed by atoms with Gasteiger partial charge in [0, 0.05) is 18.2 Å². The van der Waals surface area contributed by atoms with Gasteiger partial charge < -0.3 is 20.9 Å². The molecule has 41 heavy (non-hydrogen) atoms. The topological polar surface area (TPSA) is 131 Å². The van der Waals surface area contributed by atoms with Gasteiger partial charge in [0.05, 0.1) is 17.5 Å². The minimum Gasteiger partial charge on any atom is -0.349 e. The molecule has 0 bridgehead atoms. The lowest BCUT2D eigenvalue weighted by Crippen LogP contribution is -2.54. The molecule has 0 radical (unpaired) electrons. The molecule has 4 aliphatic rings. The van der Waals surface area contributed by atoms with Crippen molar-refractivity contribution in [1.82, 2.24) is 15.5 Å². The smallest absolute Gasteiger partial charge is 0.246 e. The van der Waals surface area contributed by atoms with Gasteiger partial charge in [-0.3, -0.25) is 19.2 Å². The van der Waals surface area contributed by atoms with Crippen LogP contribution >= 0.6 is 0 Å². The highest BCUT2D eigenvalue weighted by Crippen LogP contribution is 2.49. The summed E-state index contributed by atoms with van der Waals surface area (Å²) in [6.07, 6.45) is 9.03. The highest BCUT2D eigenvalue weighted by Gasteiger charge is 2.61. The second-order valence-corrected chi connectivity index (χ2v) is 13.4. The van der Waals surface area contributed by atoms with Gasteiger partial charge in [-0.15, -0.1) is 0 Å². The third kappa shape index (κ3) is 5.05. The van der Waals surface area contributed by atoms with E-state index in [1.807, 2.05) is 77.1 Å². The number of anilines is 1. The number of benzene rings is 1. The van der Waals surface area contributed by atoms with Crippen molar-refractivity contribution < 1.29 is 19.2 Å². The van der Waals surface area contributed by atoms with Crippen LogP contribution in [0, 0.1) is 47.3 Å². The standard InChI is InChI=1S/C32H39N5O4/c1-19-9-8-10-20(2)25(19)36-28(40)31(13-14-31)27(39)35-24(16-30(3,4)5)26(38)37-18-32(15-21(37)17-33)22-11-6-7-12-23(22)34-29(32)41/h6-12,21-24H,13-16,18H2,1-5H3,(H,34,41)(H,35,39)(H,36,40)/t21-,22?,23?,24-,32-/m0/s1. The first-order chi connectivity index (χ1) is 19.3. The molecule has 9 heteroatoms. The first-order valence-electron chi connectivity index (χ1n) is 14.4. The van der Waals surface area contributed by atoms with Crippen LogP contribution in [0.15, 0.2) is 42.5 Å². The zero-order valence-electron chi connectivity index (χ0n) is 24.4. The number of hydrogen-bond acceptors (Lipinski definition) is 5. The Kier molecular flexibility index (Phi) is 7.09. The number of nitrogens with zero attached hydrogens (tertiary/aromatic N) is 2. The molecule has 1 saturated carbocycles. The average molecular weight is 558 g/mol. The highest BCUT2D eigenvalue weighted by molar-refractivity contribution is 6.14. The molecule has 1 spiro atoms. The minimum atomic E-state index is -1.25. The number of nitriles is 1. The van der Waals surface area contributed by atoms with Gasteiger partial charge in [0.2, 0.25) is 23.6 Å². The molecule has 2 unspecified atom stereocenters. The summed E-state index contributed by atoms with van der Waals surface area (Å²) in [5, 5.41) is 18.9. The zero-order valence-corrected chi connectivity index (χ0v) is 24.4. The van der Waals surface area contributed by atoms with Gasteiger partial charge in [-0.2, -0.15) is 5.26 Å². The van der Waals surface area contributed by atoms with Crippen LogP contribution < -0.4 is 16.0 Å². The molecular weight excluding hydrogens is 518 g/mol. The van der Waals surface area contributed by atoms with Crippen molar-refractivity contribution in [2.24, 2.45) is 22.2 Å². The second kappa shape index (κ2) is 10.2. The van der Waals surface area contributed by atoms with Crippen LogP contribution in [0.4, 0.5) is 5.69 Å². The van der Waals surface area contributed by atoms with Gasteiger partial charge in [0.25, 0.3) is 0 Å². The van der Waals surface area contributed by atoms with Gasteiger partial charge in [0.1, 0.15) is 17.5 Å². The SMILES string of the molecule is Cc1cccc(C)c1NC(=O)C1(C(=O)N[C@@H](CC(C)(C)C)C(=O)N2C[C@]3(C[C@H]2C#N)C(=O)NC2C=CC=CC23)CC1. The molecule has 5 atom stereocenters. The first kappa shape index (κ1) is 28.6. The molecule has 2 aliphatic carbocycles. The van der Waals surface area contributed by atoms with E-state index in [9.17, 15) is 24.4 Å². The number of para-hydroxylation sites is 1. The fraction of sp³-hybridized carbons (Fsp3) is 0.531. The fourth-order valence-corrected chi connectivity index (χ4v) is 6.64. The van der Waals surface area contributed by atoms with Gasteiger partial charge >= 0.3 is 0 Å². The second-order valence-electron chi connectivity index (χ2n) is 13.4. The number of allylic oxidation sites excluding steroid dienone is 2. The molecule has 2 aliphatic heterocycles. The molecular formula is C32H39N5O4. The Bertz CT molecular complexity index is 1380. The molecule has 0 aromatic heterocycles. The number of rotatable bonds is 6. The van der Waals surface area contributed by atoms with Gasteiger partial charge in [0.15, 0.2) is 0 Å². The van der Waals surface area contributed by atoms with E-state index in [1.54, 1.807) is 0 Å². The fourth-order valence-electron chi connectivity index (χ4n) is 6.64. The zero-order chi connectivity index (χ0) is 29.7. The van der Waals surface area contributed by atoms with Gasteiger partial charge in [-0.25, -0.2) is 0 Å². The number of hydrogen-bond donors (Lipinski definition) is 3. The molecule has 2 heterocycles. The van der Waals surface area contributed by atoms with E-state index in [0.29, 0.717) is 24.9 Å². The lowest BCUT2D eigenvalue weighted by molar-refractivity contribution is -0.141. The summed E-state index contributed by atoms with van der Waals surface area (Å²) in [7, 11) is 0. The van der Waals surface area contributed by atoms with E-state index in [2.05, 4.69) is 22.0 Å². The number of amides is 4. The molecule has 216 valence electrons. The monoisotopic (exact) mass is 557 g/mol. The summed E-state index contributed by atoms with van der Waals surface area (Å²) < 4.78 is 0. The van der Waals surface area contributed by atoms with Crippen molar-refractivity contribution in [2.45, 2.75) is 78.4 Å². The quantitative estimate of drug-likeness (QED) is 0.462. The Morgan fingerprint density at radius 3 is 2.39 bits per heavy atom. The summed E-state index contributed by atoms with van der Waals surface area (Å²) >= 11 is 0. The highest BCUT2D eigenvalue weighted by atomic mass is 16.2. The van der Waals surface area contributed by atoms with Crippen molar-refractivity contribution in [3.63, 3.8) is 0 Å². The molecule has 9 nitrogen and oxygen atoms in total. The Balaban J connectivity index is 1.37. The van der Waals surface area contributed by atoms with E-state index >= 15 is 0 Å². The van der Waals surface area contributed by atoms with E-state index in [0.717, 1.165) is 11.1 Å². The van der Waals surface area contributed by atoms with Crippen molar-refractivity contribution >= 4 is 29.3 Å². The lowest BCUT2D eigenvalue weighted by atomic mass is 9.72. The lowest BCUT2D eigenvalue weighted by Gasteiger charge is -2.32. The van der Waals surface area contributed by atoms with Crippen molar-refractivity contribution in [1.29, 1.82) is 5.26 Å². The Hall–Kier alpha value is -3.93. The number of aryl methyl sites for hydroxylation is 2. The molecule has 4 amide bonds. The summed E-state index contributed by atoms with van der Waals surface area (Å²) in [5.41, 5.74) is 0.0184. The molecule has 3 N–H and O–H groups in total. The predicted molar refractivity (Wildman–Crippen MR) is 154 cm³/mol. The van der Waals surface area contributed by atoms with Crippen molar-refractivity contribution in [3.8, 4) is 6.07 Å². The largest absolute Gasteiger partial charge is 0.349 e. The van der Waals surface area contributed by atoms with Crippen molar-refractivity contribution in [2.75, 3.05) is 11.9 Å². The average Bonchev–Trinajstić information content (AvgIpc) is 3.57. The molecule has 1 aromatic carbocycles. The number of carbonyl (C=O) groups excluding carboxylic acids is 4. The van der Waals surface area contributed by atoms with E-state index < -0.39 is 34.7 Å². The Morgan fingerprint density at radius 2 is 1.78 bits per heavy atom. The molecule has 2 saturated heterocycles. The van der Waals surface area contributed by atoms with Crippen LogP contribution in [0.2, 0.25) is 0 Å². The molecule has 1 aromatic rings. The third-order valence-electron chi connectivity index (χ3n) is 9.10. The van der Waals surface area contributed by atoms with Crippen molar-refractivity contribution in [3.05, 3.63) is 53.6 Å². The van der Waals surface area contributed by atoms with E-state index in [4.69, 9.17) is 0 Å². The van der Waals surface area contributed by atoms with E-state index in [-0.39, 0.29) is 42.2 Å². The predicted octanol–water partition coefficient (Wildman–Crippen LogP) is 3.29.